The molecule has 2 rings (SSSR count). The molecule has 0 radical (unpaired) electrons. The molecule has 0 aliphatic heterocycles. The van der Waals surface area contributed by atoms with Gasteiger partial charge in [-0.2, -0.15) is 10.2 Å². The zero-order chi connectivity index (χ0) is 14.9. The van der Waals surface area contributed by atoms with Gasteiger partial charge >= 0.3 is 0 Å². The smallest absolute Gasteiger partial charge is 0.222 e. The number of halogens is 2. The number of hydrogen-bond acceptors (Lipinski definition) is 6. The lowest BCUT2D eigenvalue weighted by Gasteiger charge is -2.12. The molecule has 0 saturated carbocycles. The maximum absolute atomic E-state index is 13.5. The van der Waals surface area contributed by atoms with E-state index in [0.717, 1.165) is 0 Å². The van der Waals surface area contributed by atoms with Gasteiger partial charge in [0.25, 0.3) is 0 Å². The molecular weight excluding hydrogens is 329 g/mol. The third-order valence-electron chi connectivity index (χ3n) is 2.58. The minimum atomic E-state index is -0.501. The number of nitrogens with two attached hydrogens (primary N) is 2. The minimum absolute atomic E-state index is 0.0440. The molecule has 1 aromatic heterocycles. The van der Waals surface area contributed by atoms with Crippen molar-refractivity contribution in [3.63, 3.8) is 0 Å². The van der Waals surface area contributed by atoms with Crippen LogP contribution in [0.25, 0.3) is 11.3 Å². The van der Waals surface area contributed by atoms with Crippen LogP contribution in [0.3, 0.4) is 0 Å². The first-order valence-corrected chi connectivity index (χ1v) is 6.14. The molecule has 1 heterocycles. The van der Waals surface area contributed by atoms with Gasteiger partial charge in [0.2, 0.25) is 5.95 Å². The second-order valence-electron chi connectivity index (χ2n) is 3.74. The fraction of sp³-hybridized carbons (Fsp3) is 0.0833. The summed E-state index contributed by atoms with van der Waals surface area (Å²) in [4.78, 5) is 7.72. The number of anilines is 2. The van der Waals surface area contributed by atoms with E-state index in [2.05, 4.69) is 25.9 Å². The maximum Gasteiger partial charge on any atom is 0.222 e. The van der Waals surface area contributed by atoms with E-state index in [0.29, 0.717) is 5.56 Å². The molecule has 0 saturated heterocycles. The van der Waals surface area contributed by atoms with E-state index in [1.54, 1.807) is 0 Å². The van der Waals surface area contributed by atoms with E-state index in [-0.39, 0.29) is 33.2 Å². The lowest BCUT2D eigenvalue weighted by molar-refractivity contribution is 0.409. The molecular formula is C12H9BrFN5O. The number of benzene rings is 1. The molecule has 1 aromatic carbocycles. The highest BCUT2D eigenvalue weighted by Crippen LogP contribution is 2.39. The lowest BCUT2D eigenvalue weighted by atomic mass is 10.1. The summed E-state index contributed by atoms with van der Waals surface area (Å²) in [7, 11) is 1.38. The quantitative estimate of drug-likeness (QED) is 0.867. The van der Waals surface area contributed by atoms with E-state index < -0.39 is 5.82 Å². The first kappa shape index (κ1) is 14.0. The maximum atomic E-state index is 13.5. The normalized spacial score (nSPS) is 10.1. The van der Waals surface area contributed by atoms with Crippen LogP contribution >= 0.6 is 15.9 Å². The molecule has 102 valence electrons. The van der Waals surface area contributed by atoms with Crippen molar-refractivity contribution in [3.8, 4) is 23.1 Å². The number of ether oxygens (including phenoxy) is 1. The van der Waals surface area contributed by atoms with Crippen LogP contribution in [0.5, 0.6) is 5.75 Å². The van der Waals surface area contributed by atoms with Crippen LogP contribution in [0.2, 0.25) is 0 Å². The molecule has 0 spiro atoms. The van der Waals surface area contributed by atoms with Crippen LogP contribution in [0, 0.1) is 17.1 Å². The number of nitrogens with zero attached hydrogens (tertiary/aromatic N) is 3. The minimum Gasteiger partial charge on any atom is -0.495 e. The van der Waals surface area contributed by atoms with Crippen molar-refractivity contribution in [2.75, 3.05) is 18.6 Å². The molecule has 0 aliphatic rings. The van der Waals surface area contributed by atoms with Gasteiger partial charge in [0.1, 0.15) is 29.0 Å². The number of rotatable bonds is 2. The average molecular weight is 338 g/mol. The second kappa shape index (κ2) is 5.30. The highest BCUT2D eigenvalue weighted by Gasteiger charge is 2.20. The Kier molecular flexibility index (Phi) is 3.72. The summed E-state index contributed by atoms with van der Waals surface area (Å²) in [6.07, 6.45) is 0. The first-order chi connectivity index (χ1) is 9.49. The zero-order valence-corrected chi connectivity index (χ0v) is 11.9. The zero-order valence-electron chi connectivity index (χ0n) is 10.3. The molecule has 4 N–H and O–H groups in total. The van der Waals surface area contributed by atoms with Gasteiger partial charge in [-0.1, -0.05) is 0 Å². The largest absolute Gasteiger partial charge is 0.495 e. The van der Waals surface area contributed by atoms with Gasteiger partial charge in [-0.25, -0.2) is 9.37 Å². The highest BCUT2D eigenvalue weighted by atomic mass is 79.9. The molecule has 8 heteroatoms. The van der Waals surface area contributed by atoms with Crippen molar-refractivity contribution in [2.45, 2.75) is 0 Å². The van der Waals surface area contributed by atoms with Crippen molar-refractivity contribution in [1.82, 2.24) is 9.97 Å². The highest BCUT2D eigenvalue weighted by molar-refractivity contribution is 9.10. The fourth-order valence-electron chi connectivity index (χ4n) is 1.72. The number of hydrogen-bond donors (Lipinski definition) is 2. The SMILES string of the molecule is COc1c(-c2nc(N)nc(N)c2C#N)ccc(F)c1Br. The van der Waals surface area contributed by atoms with Gasteiger partial charge < -0.3 is 16.2 Å². The van der Waals surface area contributed by atoms with Crippen LogP contribution in [0.4, 0.5) is 16.2 Å². The number of nitrogen functional groups attached to an aromatic ring is 2. The van der Waals surface area contributed by atoms with Gasteiger partial charge in [-0.15, -0.1) is 0 Å². The Hall–Kier alpha value is -2.40. The summed E-state index contributed by atoms with van der Waals surface area (Å²) in [5, 5.41) is 9.16. The predicted molar refractivity (Wildman–Crippen MR) is 75.2 cm³/mol. The Morgan fingerprint density at radius 1 is 1.35 bits per heavy atom. The molecule has 0 amide bonds. The number of nitriles is 1. The van der Waals surface area contributed by atoms with Crippen molar-refractivity contribution in [1.29, 1.82) is 5.26 Å². The summed E-state index contributed by atoms with van der Waals surface area (Å²) in [6.45, 7) is 0. The van der Waals surface area contributed by atoms with E-state index in [9.17, 15) is 4.39 Å². The Morgan fingerprint density at radius 3 is 2.65 bits per heavy atom. The van der Waals surface area contributed by atoms with Crippen LogP contribution in [-0.4, -0.2) is 17.1 Å². The molecule has 0 atom stereocenters. The molecule has 2 aromatic rings. The Morgan fingerprint density at radius 2 is 2.05 bits per heavy atom. The van der Waals surface area contributed by atoms with E-state index in [1.807, 2.05) is 6.07 Å². The summed E-state index contributed by atoms with van der Waals surface area (Å²) in [5.41, 5.74) is 11.8. The summed E-state index contributed by atoms with van der Waals surface area (Å²) < 4.78 is 18.8. The van der Waals surface area contributed by atoms with Gasteiger partial charge in [-0.05, 0) is 28.1 Å². The molecule has 0 unspecified atom stereocenters. The monoisotopic (exact) mass is 337 g/mol. The van der Waals surface area contributed by atoms with Gasteiger partial charge in [-0.3, -0.25) is 0 Å². The van der Waals surface area contributed by atoms with Crippen molar-refractivity contribution in [2.24, 2.45) is 0 Å². The predicted octanol–water partition coefficient (Wildman–Crippen LogP) is 2.09. The topological polar surface area (TPSA) is 111 Å². The summed E-state index contributed by atoms with van der Waals surface area (Å²) >= 11 is 3.08. The summed E-state index contributed by atoms with van der Waals surface area (Å²) in [5.74, 6) is -0.436. The Bertz CT molecular complexity index is 729. The van der Waals surface area contributed by atoms with Crippen molar-refractivity contribution in [3.05, 3.63) is 28.0 Å². The number of aromatic nitrogens is 2. The van der Waals surface area contributed by atoms with E-state index in [4.69, 9.17) is 21.5 Å². The van der Waals surface area contributed by atoms with Gasteiger partial charge in [0.05, 0.1) is 17.3 Å². The van der Waals surface area contributed by atoms with Gasteiger partial charge in [0, 0.05) is 5.56 Å². The second-order valence-corrected chi connectivity index (χ2v) is 4.54. The molecule has 6 nitrogen and oxygen atoms in total. The van der Waals surface area contributed by atoms with E-state index >= 15 is 0 Å². The van der Waals surface area contributed by atoms with Crippen LogP contribution in [-0.2, 0) is 0 Å². The molecule has 20 heavy (non-hydrogen) atoms. The third-order valence-corrected chi connectivity index (χ3v) is 3.31. The van der Waals surface area contributed by atoms with Crippen LogP contribution in [0.15, 0.2) is 16.6 Å². The number of methoxy groups -OCH3 is 1. The summed E-state index contributed by atoms with van der Waals surface area (Å²) in [6, 6.07) is 4.56. The molecule has 0 aliphatic carbocycles. The van der Waals surface area contributed by atoms with Crippen LogP contribution < -0.4 is 16.2 Å². The lowest BCUT2D eigenvalue weighted by Crippen LogP contribution is -2.05. The molecule has 0 fully saturated rings. The Balaban J connectivity index is 2.82. The fourth-order valence-corrected chi connectivity index (χ4v) is 2.23. The van der Waals surface area contributed by atoms with E-state index in [1.165, 1.54) is 19.2 Å². The molecule has 0 bridgehead atoms. The Labute approximate surface area is 122 Å². The standard InChI is InChI=1S/C12H9BrFN5O/c1-20-10-5(2-3-7(14)8(10)13)9-6(4-15)11(16)19-12(17)18-9/h2-3H,1H3,(H4,16,17,18,19). The first-order valence-electron chi connectivity index (χ1n) is 5.35. The van der Waals surface area contributed by atoms with Gasteiger partial charge in [0.15, 0.2) is 0 Å². The van der Waals surface area contributed by atoms with Crippen LogP contribution in [0.1, 0.15) is 5.56 Å². The average Bonchev–Trinajstić information content (AvgIpc) is 2.41. The van der Waals surface area contributed by atoms with Crippen molar-refractivity contribution < 1.29 is 9.13 Å². The third kappa shape index (κ3) is 2.23. The van der Waals surface area contributed by atoms with Crippen molar-refractivity contribution >= 4 is 27.7 Å².